The average molecular weight is 438 g/mol. The molecule has 2 aromatic rings. The summed E-state index contributed by atoms with van der Waals surface area (Å²) in [7, 11) is 0. The predicted octanol–water partition coefficient (Wildman–Crippen LogP) is 4.31. The summed E-state index contributed by atoms with van der Waals surface area (Å²) in [6, 6.07) is 11.8. The fourth-order valence-electron chi connectivity index (χ4n) is 4.02. The number of ether oxygens (including phenoxy) is 1. The van der Waals surface area contributed by atoms with Crippen LogP contribution >= 0.6 is 0 Å². The van der Waals surface area contributed by atoms with Gasteiger partial charge in [-0.05, 0) is 54.5 Å². The van der Waals surface area contributed by atoms with Crippen LogP contribution in [0.4, 0.5) is 17.2 Å². The summed E-state index contributed by atoms with van der Waals surface area (Å²) < 4.78 is 5.58. The molecule has 1 atom stereocenters. The number of aromatic nitrogens is 2. The molecular formula is C24H31N5O3. The molecule has 1 aromatic heterocycles. The predicted molar refractivity (Wildman–Crippen MR) is 123 cm³/mol. The number of aliphatic carboxylic acids is 1. The lowest BCUT2D eigenvalue weighted by Crippen LogP contribution is -2.42. The van der Waals surface area contributed by atoms with Crippen LogP contribution in [0.1, 0.15) is 57.2 Å². The van der Waals surface area contributed by atoms with Gasteiger partial charge < -0.3 is 20.1 Å². The molecular weight excluding hydrogens is 406 g/mol. The van der Waals surface area contributed by atoms with Gasteiger partial charge in [-0.15, -0.1) is 10.2 Å². The van der Waals surface area contributed by atoms with Crippen LogP contribution in [-0.2, 0) is 9.53 Å². The molecule has 170 valence electrons. The molecule has 2 heterocycles. The van der Waals surface area contributed by atoms with Crippen molar-refractivity contribution >= 4 is 23.2 Å². The number of carboxylic acids is 1. The summed E-state index contributed by atoms with van der Waals surface area (Å²) in [6.07, 6.45) is 1.98. The van der Waals surface area contributed by atoms with E-state index in [4.69, 9.17) is 10.00 Å². The number of hydrogen-bond acceptors (Lipinski definition) is 7. The van der Waals surface area contributed by atoms with Crippen LogP contribution in [0.2, 0.25) is 0 Å². The van der Waals surface area contributed by atoms with Crippen LogP contribution in [0, 0.1) is 17.2 Å². The summed E-state index contributed by atoms with van der Waals surface area (Å²) >= 11 is 0. The fourth-order valence-corrected chi connectivity index (χ4v) is 4.02. The third kappa shape index (κ3) is 6.17. The van der Waals surface area contributed by atoms with Gasteiger partial charge in [0, 0.05) is 25.8 Å². The molecule has 2 N–H and O–H groups in total. The zero-order valence-electron chi connectivity index (χ0n) is 18.9. The van der Waals surface area contributed by atoms with E-state index in [0.717, 1.165) is 49.5 Å². The number of anilines is 3. The van der Waals surface area contributed by atoms with Gasteiger partial charge in [-0.1, -0.05) is 26.8 Å². The van der Waals surface area contributed by atoms with Gasteiger partial charge in [0.15, 0.2) is 11.5 Å². The lowest BCUT2D eigenvalue weighted by molar-refractivity contribution is -0.137. The van der Waals surface area contributed by atoms with Crippen LogP contribution < -0.4 is 10.2 Å². The van der Waals surface area contributed by atoms with Gasteiger partial charge in [-0.2, -0.15) is 5.26 Å². The van der Waals surface area contributed by atoms with Crippen LogP contribution in [0.5, 0.6) is 0 Å². The molecule has 0 spiro atoms. The summed E-state index contributed by atoms with van der Waals surface area (Å²) in [5, 5.41) is 29.6. The minimum atomic E-state index is -0.822. The second-order valence-corrected chi connectivity index (χ2v) is 8.71. The number of nitrogens with zero attached hydrogens (tertiary/aromatic N) is 4. The Bertz CT molecular complexity index is 949. The quantitative estimate of drug-likeness (QED) is 0.597. The van der Waals surface area contributed by atoms with Crippen LogP contribution in [0.25, 0.3) is 0 Å². The maximum absolute atomic E-state index is 11.2. The smallest absolute Gasteiger partial charge is 0.303 e. The number of carboxylic acid groups (broad SMARTS) is 1. The van der Waals surface area contributed by atoms with Crippen molar-refractivity contribution in [3.63, 3.8) is 0 Å². The Morgan fingerprint density at radius 1 is 1.25 bits per heavy atom. The van der Waals surface area contributed by atoms with Gasteiger partial charge in [-0.3, -0.25) is 4.79 Å². The highest BCUT2D eigenvalue weighted by Gasteiger charge is 2.25. The molecule has 0 saturated carbocycles. The first-order chi connectivity index (χ1) is 15.4. The van der Waals surface area contributed by atoms with Gasteiger partial charge in [0.1, 0.15) is 6.07 Å². The van der Waals surface area contributed by atoms with E-state index < -0.39 is 5.97 Å². The number of hydrogen-bond donors (Lipinski definition) is 2. The van der Waals surface area contributed by atoms with E-state index in [1.807, 2.05) is 25.1 Å². The standard InChI is InChI=1S/C24H31N5O3/c1-16(2)15-29(20-8-10-32-11-9-20)22-6-4-18(17(3)12-24(30)31)13-21(22)26-23-7-5-19(14-25)27-28-23/h4-7,13,16-17,20H,8-12,15H2,1-3H3,(H,26,28)(H,30,31)/t17-/m1/s1. The number of nitrogens with one attached hydrogen (secondary N) is 1. The van der Waals surface area contributed by atoms with Gasteiger partial charge in [0.25, 0.3) is 0 Å². The Kier molecular flexibility index (Phi) is 8.01. The van der Waals surface area contributed by atoms with E-state index >= 15 is 0 Å². The highest BCUT2D eigenvalue weighted by molar-refractivity contribution is 5.76. The van der Waals surface area contributed by atoms with Gasteiger partial charge in [0.2, 0.25) is 0 Å². The average Bonchev–Trinajstić information content (AvgIpc) is 2.78. The Balaban J connectivity index is 2.00. The molecule has 3 rings (SSSR count). The number of rotatable bonds is 9. The Morgan fingerprint density at radius 3 is 2.59 bits per heavy atom. The van der Waals surface area contributed by atoms with Crippen molar-refractivity contribution in [1.29, 1.82) is 5.26 Å². The third-order valence-electron chi connectivity index (χ3n) is 5.62. The normalized spacial score (nSPS) is 15.2. The van der Waals surface area contributed by atoms with E-state index in [9.17, 15) is 9.90 Å². The second-order valence-electron chi connectivity index (χ2n) is 8.71. The molecule has 0 aliphatic carbocycles. The van der Waals surface area contributed by atoms with Crippen molar-refractivity contribution < 1.29 is 14.6 Å². The lowest BCUT2D eigenvalue weighted by Gasteiger charge is -2.38. The Morgan fingerprint density at radius 2 is 2.00 bits per heavy atom. The molecule has 1 saturated heterocycles. The molecule has 0 radical (unpaired) electrons. The van der Waals surface area contributed by atoms with Crippen molar-refractivity contribution in [2.45, 2.75) is 52.0 Å². The first-order valence-electron chi connectivity index (χ1n) is 11.1. The van der Waals surface area contributed by atoms with Crippen LogP contribution in [-0.4, -0.2) is 47.1 Å². The van der Waals surface area contributed by atoms with Crippen LogP contribution in [0.15, 0.2) is 30.3 Å². The minimum Gasteiger partial charge on any atom is -0.481 e. The van der Waals surface area contributed by atoms with Gasteiger partial charge in [0.05, 0.1) is 17.8 Å². The first-order valence-corrected chi connectivity index (χ1v) is 11.1. The zero-order valence-corrected chi connectivity index (χ0v) is 18.9. The summed E-state index contributed by atoms with van der Waals surface area (Å²) in [5.74, 6) is 0.0456. The molecule has 0 amide bonds. The zero-order chi connectivity index (χ0) is 23.1. The molecule has 0 unspecified atom stereocenters. The van der Waals surface area contributed by atoms with E-state index in [1.165, 1.54) is 0 Å². The Hall–Kier alpha value is -3.18. The number of nitriles is 1. The second kappa shape index (κ2) is 10.9. The fraction of sp³-hybridized carbons (Fsp3) is 0.500. The molecule has 32 heavy (non-hydrogen) atoms. The van der Waals surface area contributed by atoms with Gasteiger partial charge >= 0.3 is 5.97 Å². The summed E-state index contributed by atoms with van der Waals surface area (Å²) in [5.41, 5.74) is 3.09. The summed E-state index contributed by atoms with van der Waals surface area (Å²) in [4.78, 5) is 13.7. The highest BCUT2D eigenvalue weighted by Crippen LogP contribution is 2.35. The molecule has 1 aromatic carbocycles. The Labute approximate surface area is 189 Å². The van der Waals surface area contributed by atoms with Crippen LogP contribution in [0.3, 0.4) is 0 Å². The molecule has 8 nitrogen and oxygen atoms in total. The largest absolute Gasteiger partial charge is 0.481 e. The van der Waals surface area contributed by atoms with Crippen molar-refractivity contribution in [1.82, 2.24) is 10.2 Å². The van der Waals surface area contributed by atoms with E-state index in [0.29, 0.717) is 17.8 Å². The first kappa shape index (κ1) is 23.5. The maximum atomic E-state index is 11.2. The van der Waals surface area contributed by atoms with Crippen molar-refractivity contribution in [3.05, 3.63) is 41.6 Å². The monoisotopic (exact) mass is 437 g/mol. The lowest BCUT2D eigenvalue weighted by atomic mass is 9.95. The molecule has 1 aliphatic rings. The molecule has 8 heteroatoms. The SMILES string of the molecule is CC(C)CN(c1ccc([C@H](C)CC(=O)O)cc1Nc1ccc(C#N)nn1)C1CCOCC1. The van der Waals surface area contributed by atoms with E-state index in [2.05, 4.69) is 40.3 Å². The minimum absolute atomic E-state index is 0.0606. The summed E-state index contributed by atoms with van der Waals surface area (Å²) in [6.45, 7) is 8.71. The highest BCUT2D eigenvalue weighted by atomic mass is 16.5. The topological polar surface area (TPSA) is 111 Å². The third-order valence-corrected chi connectivity index (χ3v) is 5.62. The van der Waals surface area contributed by atoms with Crippen molar-refractivity contribution in [3.8, 4) is 6.07 Å². The number of benzene rings is 1. The maximum Gasteiger partial charge on any atom is 0.303 e. The van der Waals surface area contributed by atoms with Crippen molar-refractivity contribution in [2.24, 2.45) is 5.92 Å². The molecule has 0 bridgehead atoms. The molecule has 1 fully saturated rings. The van der Waals surface area contributed by atoms with E-state index in [-0.39, 0.29) is 18.0 Å². The number of carbonyl (C=O) groups is 1. The molecule has 1 aliphatic heterocycles. The van der Waals surface area contributed by atoms with Crippen molar-refractivity contribution in [2.75, 3.05) is 30.0 Å². The van der Waals surface area contributed by atoms with E-state index in [1.54, 1.807) is 12.1 Å². The van der Waals surface area contributed by atoms with Gasteiger partial charge in [-0.25, -0.2) is 0 Å².